The summed E-state index contributed by atoms with van der Waals surface area (Å²) in [4.78, 5) is 11.4. The van der Waals surface area contributed by atoms with Crippen molar-refractivity contribution in [2.24, 2.45) is 5.92 Å². The van der Waals surface area contributed by atoms with Crippen molar-refractivity contribution in [3.63, 3.8) is 0 Å². The number of hydrogen-bond donors (Lipinski definition) is 1. The highest BCUT2D eigenvalue weighted by Crippen LogP contribution is 2.25. The lowest BCUT2D eigenvalue weighted by molar-refractivity contribution is -0.149. The van der Waals surface area contributed by atoms with Gasteiger partial charge in [0.1, 0.15) is 0 Å². The zero-order valence-corrected chi connectivity index (χ0v) is 9.21. The van der Waals surface area contributed by atoms with Crippen molar-refractivity contribution in [2.45, 2.75) is 45.6 Å². The minimum Gasteiger partial charge on any atom is -0.466 e. The third-order valence-corrected chi connectivity index (χ3v) is 2.84. The summed E-state index contributed by atoms with van der Waals surface area (Å²) in [6.07, 6.45) is 4.18. The Morgan fingerprint density at radius 2 is 1.93 bits per heavy atom. The van der Waals surface area contributed by atoms with Crippen molar-refractivity contribution < 1.29 is 9.53 Å². The van der Waals surface area contributed by atoms with Crippen LogP contribution in [0.2, 0.25) is 0 Å². The van der Waals surface area contributed by atoms with E-state index in [1.165, 1.54) is 0 Å². The van der Waals surface area contributed by atoms with E-state index < -0.39 is 0 Å². The summed E-state index contributed by atoms with van der Waals surface area (Å²) in [5.41, 5.74) is 0. The molecule has 3 heteroatoms. The largest absolute Gasteiger partial charge is 0.466 e. The monoisotopic (exact) mass is 199 g/mol. The Morgan fingerprint density at radius 1 is 1.29 bits per heavy atom. The van der Waals surface area contributed by atoms with Crippen LogP contribution >= 0.6 is 0 Å². The molecule has 0 radical (unpaired) electrons. The smallest absolute Gasteiger partial charge is 0.308 e. The van der Waals surface area contributed by atoms with Crippen LogP contribution in [0.25, 0.3) is 0 Å². The second-order valence-corrected chi connectivity index (χ2v) is 3.86. The molecule has 1 N–H and O–H groups in total. The molecule has 0 aromatic rings. The van der Waals surface area contributed by atoms with Gasteiger partial charge in [-0.25, -0.2) is 0 Å². The Bertz CT molecular complexity index is 174. The Balaban J connectivity index is 2.24. The minimum absolute atomic E-state index is 0.00227. The summed E-state index contributed by atoms with van der Waals surface area (Å²) >= 11 is 0. The van der Waals surface area contributed by atoms with E-state index in [0.29, 0.717) is 12.6 Å². The SMILES string of the molecule is CCN[C@H]1CC[C@H](C(=O)OCC)CC1. The van der Waals surface area contributed by atoms with Gasteiger partial charge in [-0.3, -0.25) is 4.79 Å². The molecule has 0 saturated heterocycles. The first-order chi connectivity index (χ1) is 6.77. The van der Waals surface area contributed by atoms with E-state index in [1.807, 2.05) is 6.92 Å². The maximum absolute atomic E-state index is 11.4. The van der Waals surface area contributed by atoms with Crippen molar-refractivity contribution in [1.82, 2.24) is 5.32 Å². The van der Waals surface area contributed by atoms with Crippen LogP contribution in [0.1, 0.15) is 39.5 Å². The van der Waals surface area contributed by atoms with Gasteiger partial charge in [-0.05, 0) is 39.2 Å². The molecular weight excluding hydrogens is 178 g/mol. The van der Waals surface area contributed by atoms with Gasteiger partial charge in [0.2, 0.25) is 0 Å². The lowest BCUT2D eigenvalue weighted by Crippen LogP contribution is -2.35. The predicted molar refractivity (Wildman–Crippen MR) is 56.1 cm³/mol. The van der Waals surface area contributed by atoms with Crippen molar-refractivity contribution >= 4 is 5.97 Å². The van der Waals surface area contributed by atoms with Gasteiger partial charge in [0, 0.05) is 6.04 Å². The number of nitrogens with one attached hydrogen (secondary N) is 1. The van der Waals surface area contributed by atoms with E-state index in [2.05, 4.69) is 12.2 Å². The zero-order valence-electron chi connectivity index (χ0n) is 9.21. The molecule has 0 aromatic carbocycles. The van der Waals surface area contributed by atoms with Gasteiger partial charge >= 0.3 is 5.97 Å². The van der Waals surface area contributed by atoms with E-state index in [4.69, 9.17) is 4.74 Å². The second-order valence-electron chi connectivity index (χ2n) is 3.86. The van der Waals surface area contributed by atoms with Crippen LogP contribution < -0.4 is 5.32 Å². The number of carbonyl (C=O) groups excluding carboxylic acids is 1. The highest BCUT2D eigenvalue weighted by atomic mass is 16.5. The van der Waals surface area contributed by atoms with Crippen LogP contribution in [0.15, 0.2) is 0 Å². The van der Waals surface area contributed by atoms with Gasteiger partial charge in [-0.1, -0.05) is 6.92 Å². The van der Waals surface area contributed by atoms with Crippen molar-refractivity contribution in [2.75, 3.05) is 13.2 Å². The second kappa shape index (κ2) is 6.02. The van der Waals surface area contributed by atoms with Crippen molar-refractivity contribution in [3.05, 3.63) is 0 Å². The van der Waals surface area contributed by atoms with E-state index in [-0.39, 0.29) is 11.9 Å². The molecule has 3 nitrogen and oxygen atoms in total. The molecule has 1 saturated carbocycles. The van der Waals surface area contributed by atoms with Gasteiger partial charge in [0.25, 0.3) is 0 Å². The molecule has 1 rings (SSSR count). The van der Waals surface area contributed by atoms with Crippen LogP contribution in [0.4, 0.5) is 0 Å². The molecule has 0 aromatic heterocycles. The number of ether oxygens (including phenoxy) is 1. The van der Waals surface area contributed by atoms with E-state index in [1.54, 1.807) is 0 Å². The third kappa shape index (κ3) is 3.29. The molecule has 1 aliphatic carbocycles. The third-order valence-electron chi connectivity index (χ3n) is 2.84. The average molecular weight is 199 g/mol. The van der Waals surface area contributed by atoms with E-state index in [9.17, 15) is 4.79 Å². The minimum atomic E-state index is 0.00227. The number of esters is 1. The van der Waals surface area contributed by atoms with Gasteiger partial charge in [0.05, 0.1) is 12.5 Å². The average Bonchev–Trinajstić information content (AvgIpc) is 2.20. The lowest BCUT2D eigenvalue weighted by atomic mass is 9.86. The Hall–Kier alpha value is -0.570. The summed E-state index contributed by atoms with van der Waals surface area (Å²) < 4.78 is 5.02. The molecule has 14 heavy (non-hydrogen) atoms. The molecule has 0 bridgehead atoms. The van der Waals surface area contributed by atoms with Gasteiger partial charge in [-0.15, -0.1) is 0 Å². The molecule has 0 atom stereocenters. The van der Waals surface area contributed by atoms with Crippen molar-refractivity contribution in [3.8, 4) is 0 Å². The standard InChI is InChI=1S/C11H21NO2/c1-3-12-10-7-5-9(6-8-10)11(13)14-4-2/h9-10,12H,3-8H2,1-2H3/t9-,10-. The van der Waals surface area contributed by atoms with Gasteiger partial charge in [0.15, 0.2) is 0 Å². The number of rotatable bonds is 4. The quantitative estimate of drug-likeness (QED) is 0.701. The summed E-state index contributed by atoms with van der Waals surface area (Å²) in [6.45, 7) is 5.51. The van der Waals surface area contributed by atoms with E-state index >= 15 is 0 Å². The normalized spacial score (nSPS) is 27.3. The van der Waals surface area contributed by atoms with Crippen LogP contribution in [-0.2, 0) is 9.53 Å². The highest BCUT2D eigenvalue weighted by Gasteiger charge is 2.26. The fourth-order valence-corrected chi connectivity index (χ4v) is 2.08. The van der Waals surface area contributed by atoms with E-state index in [0.717, 1.165) is 32.2 Å². The number of hydrogen-bond acceptors (Lipinski definition) is 3. The lowest BCUT2D eigenvalue weighted by Gasteiger charge is -2.27. The first kappa shape index (κ1) is 11.5. The molecule has 1 fully saturated rings. The maximum Gasteiger partial charge on any atom is 0.308 e. The van der Waals surface area contributed by atoms with Crippen LogP contribution in [0.3, 0.4) is 0 Å². The molecule has 0 aliphatic heterocycles. The summed E-state index contributed by atoms with van der Waals surface area (Å²) in [5.74, 6) is 0.160. The fraction of sp³-hybridized carbons (Fsp3) is 0.909. The summed E-state index contributed by atoms with van der Waals surface area (Å²) in [7, 11) is 0. The van der Waals surface area contributed by atoms with Gasteiger partial charge in [-0.2, -0.15) is 0 Å². The van der Waals surface area contributed by atoms with Crippen molar-refractivity contribution in [1.29, 1.82) is 0 Å². The Kier molecular flexibility index (Phi) is 4.94. The maximum atomic E-state index is 11.4. The molecule has 82 valence electrons. The molecule has 0 spiro atoms. The Labute approximate surface area is 86.2 Å². The van der Waals surface area contributed by atoms with Gasteiger partial charge < -0.3 is 10.1 Å². The topological polar surface area (TPSA) is 38.3 Å². The molecule has 1 aliphatic rings. The number of carbonyl (C=O) groups is 1. The molecule has 0 amide bonds. The molecule has 0 heterocycles. The highest BCUT2D eigenvalue weighted by molar-refractivity contribution is 5.72. The first-order valence-electron chi connectivity index (χ1n) is 5.68. The zero-order chi connectivity index (χ0) is 10.4. The molecular formula is C11H21NO2. The van der Waals surface area contributed by atoms with Crippen LogP contribution in [-0.4, -0.2) is 25.2 Å². The first-order valence-corrected chi connectivity index (χ1v) is 5.68. The fourth-order valence-electron chi connectivity index (χ4n) is 2.08. The van der Waals surface area contributed by atoms with Crippen LogP contribution in [0, 0.1) is 5.92 Å². The molecule has 0 unspecified atom stereocenters. The Morgan fingerprint density at radius 3 is 2.43 bits per heavy atom. The predicted octanol–water partition coefficient (Wildman–Crippen LogP) is 1.72. The summed E-state index contributed by atoms with van der Waals surface area (Å²) in [6, 6.07) is 0.616. The van der Waals surface area contributed by atoms with Crippen LogP contribution in [0.5, 0.6) is 0 Å². The summed E-state index contributed by atoms with van der Waals surface area (Å²) in [5, 5.41) is 3.42.